The highest BCUT2D eigenvalue weighted by molar-refractivity contribution is 6.39. The van der Waals surface area contributed by atoms with E-state index in [1.807, 2.05) is 26.8 Å². The maximum Gasteiger partial charge on any atom is 0.355 e. The highest BCUT2D eigenvalue weighted by Gasteiger charge is 2.42. The van der Waals surface area contributed by atoms with E-state index in [1.165, 1.54) is 0 Å². The van der Waals surface area contributed by atoms with Crippen molar-refractivity contribution in [3.05, 3.63) is 69.9 Å². The fraction of sp³-hybridized carbons (Fsp3) is 0.143. The number of aromatic nitrogens is 1. The molecule has 0 radical (unpaired) electrons. The third-order valence-corrected chi connectivity index (χ3v) is 4.93. The lowest BCUT2D eigenvalue weighted by Crippen LogP contribution is -2.29. The van der Waals surface area contributed by atoms with Crippen LogP contribution < -0.4 is 4.90 Å². The second-order valence-electron chi connectivity index (χ2n) is 6.75. The van der Waals surface area contributed by atoms with E-state index >= 15 is 0 Å². The maximum atomic E-state index is 13.2. The molecule has 1 aliphatic heterocycles. The van der Waals surface area contributed by atoms with Crippen LogP contribution in [-0.2, 0) is 0 Å². The number of hydrogen-bond acceptors (Lipinski definition) is 4. The third-order valence-electron chi connectivity index (χ3n) is 4.93. The summed E-state index contributed by atoms with van der Waals surface area (Å²) in [6.45, 7) is 5.68. The molecule has 6 nitrogen and oxygen atoms in total. The van der Waals surface area contributed by atoms with Gasteiger partial charge in [0.15, 0.2) is 5.69 Å². The van der Waals surface area contributed by atoms with Crippen molar-refractivity contribution in [2.45, 2.75) is 20.8 Å². The number of imide groups is 1. The van der Waals surface area contributed by atoms with Crippen molar-refractivity contribution in [2.24, 2.45) is 0 Å². The Kier molecular flexibility index (Phi) is 3.59. The van der Waals surface area contributed by atoms with Gasteiger partial charge < -0.3 is 5.11 Å². The first-order chi connectivity index (χ1) is 12.8. The summed E-state index contributed by atoms with van der Waals surface area (Å²) in [5, 5.41) is 10.0. The molecule has 134 valence electrons. The van der Waals surface area contributed by atoms with Gasteiger partial charge in [0.2, 0.25) is 0 Å². The molecule has 0 saturated carbocycles. The van der Waals surface area contributed by atoms with Crippen molar-refractivity contribution in [1.82, 2.24) is 4.98 Å². The zero-order valence-corrected chi connectivity index (χ0v) is 15.0. The van der Waals surface area contributed by atoms with Gasteiger partial charge in [0.05, 0.1) is 22.3 Å². The van der Waals surface area contributed by atoms with Crippen LogP contribution in [0.25, 0.3) is 10.9 Å². The first-order valence-corrected chi connectivity index (χ1v) is 8.43. The summed E-state index contributed by atoms with van der Waals surface area (Å²) in [5.41, 5.74) is 3.20. The first kappa shape index (κ1) is 16.9. The van der Waals surface area contributed by atoms with Gasteiger partial charge in [-0.3, -0.25) is 9.59 Å². The molecule has 0 spiro atoms. The summed E-state index contributed by atoms with van der Waals surface area (Å²) in [7, 11) is 0. The number of rotatable bonds is 2. The Labute approximate surface area is 155 Å². The molecule has 0 atom stereocenters. The van der Waals surface area contributed by atoms with Crippen molar-refractivity contribution in [2.75, 3.05) is 4.90 Å². The van der Waals surface area contributed by atoms with Gasteiger partial charge in [-0.15, -0.1) is 0 Å². The van der Waals surface area contributed by atoms with Crippen molar-refractivity contribution >= 4 is 34.4 Å². The molecule has 1 aliphatic rings. The van der Waals surface area contributed by atoms with E-state index in [9.17, 15) is 19.5 Å². The Morgan fingerprint density at radius 2 is 1.63 bits per heavy atom. The minimum atomic E-state index is -1.34. The molecule has 2 amide bonds. The number of aromatic carboxylic acids is 1. The van der Waals surface area contributed by atoms with Gasteiger partial charge in [0, 0.05) is 5.39 Å². The van der Waals surface area contributed by atoms with Gasteiger partial charge in [0.25, 0.3) is 11.8 Å². The van der Waals surface area contributed by atoms with Crippen LogP contribution in [0.2, 0.25) is 0 Å². The van der Waals surface area contributed by atoms with E-state index in [1.54, 1.807) is 30.3 Å². The van der Waals surface area contributed by atoms with Crippen LogP contribution in [-0.4, -0.2) is 27.9 Å². The topological polar surface area (TPSA) is 87.6 Å². The SMILES string of the molecule is Cc1ccc2nc(C(=O)O)c3c(c2c1)C(=O)N(c1ccc(C)c(C)c1)C3=O. The Morgan fingerprint density at radius 1 is 0.926 bits per heavy atom. The van der Waals surface area contributed by atoms with Gasteiger partial charge in [0.1, 0.15) is 0 Å². The number of anilines is 1. The smallest absolute Gasteiger partial charge is 0.355 e. The van der Waals surface area contributed by atoms with Gasteiger partial charge in [-0.1, -0.05) is 17.7 Å². The first-order valence-electron chi connectivity index (χ1n) is 8.43. The lowest BCUT2D eigenvalue weighted by Gasteiger charge is -2.15. The normalized spacial score (nSPS) is 13.4. The number of carboxylic acid groups (broad SMARTS) is 1. The molecule has 2 heterocycles. The minimum Gasteiger partial charge on any atom is -0.476 e. The number of hydrogen-bond donors (Lipinski definition) is 1. The average molecular weight is 360 g/mol. The molecule has 27 heavy (non-hydrogen) atoms. The second kappa shape index (κ2) is 5.74. The highest BCUT2D eigenvalue weighted by atomic mass is 16.4. The van der Waals surface area contributed by atoms with Crippen LogP contribution in [0.4, 0.5) is 5.69 Å². The molecule has 0 fully saturated rings. The van der Waals surface area contributed by atoms with Crippen LogP contribution in [0.5, 0.6) is 0 Å². The number of carbonyl (C=O) groups excluding carboxylic acids is 2. The number of aryl methyl sites for hydroxylation is 3. The number of pyridine rings is 1. The van der Waals surface area contributed by atoms with E-state index in [0.29, 0.717) is 16.6 Å². The lowest BCUT2D eigenvalue weighted by atomic mass is 10.0. The number of carboxylic acids is 1. The third kappa shape index (κ3) is 2.41. The largest absolute Gasteiger partial charge is 0.476 e. The van der Waals surface area contributed by atoms with E-state index in [-0.39, 0.29) is 11.1 Å². The number of nitrogens with zero attached hydrogens (tertiary/aromatic N) is 2. The van der Waals surface area contributed by atoms with Crippen molar-refractivity contribution in [1.29, 1.82) is 0 Å². The number of fused-ring (bicyclic) bond motifs is 3. The fourth-order valence-electron chi connectivity index (χ4n) is 3.38. The highest BCUT2D eigenvalue weighted by Crippen LogP contribution is 2.35. The molecule has 0 bridgehead atoms. The van der Waals surface area contributed by atoms with Crippen LogP contribution >= 0.6 is 0 Å². The van der Waals surface area contributed by atoms with Gasteiger partial charge in [-0.05, 0) is 56.2 Å². The Bertz CT molecular complexity index is 1180. The van der Waals surface area contributed by atoms with Crippen LogP contribution in [0.1, 0.15) is 47.9 Å². The quantitative estimate of drug-likeness (QED) is 0.705. The van der Waals surface area contributed by atoms with Crippen LogP contribution in [0, 0.1) is 20.8 Å². The number of amides is 2. The summed E-state index contributed by atoms with van der Waals surface area (Å²) in [5.74, 6) is -2.53. The molecule has 6 heteroatoms. The summed E-state index contributed by atoms with van der Waals surface area (Å²) < 4.78 is 0. The molecule has 0 unspecified atom stereocenters. The van der Waals surface area contributed by atoms with Gasteiger partial charge in [-0.25, -0.2) is 14.7 Å². The van der Waals surface area contributed by atoms with E-state index < -0.39 is 23.5 Å². The van der Waals surface area contributed by atoms with E-state index in [2.05, 4.69) is 4.98 Å². The molecule has 1 N–H and O–H groups in total. The minimum absolute atomic E-state index is 0.101. The summed E-state index contributed by atoms with van der Waals surface area (Å²) in [6.07, 6.45) is 0. The average Bonchev–Trinajstić information content (AvgIpc) is 2.88. The molecule has 4 rings (SSSR count). The van der Waals surface area contributed by atoms with Crippen molar-refractivity contribution in [3.63, 3.8) is 0 Å². The Hall–Kier alpha value is -3.54. The maximum absolute atomic E-state index is 13.2. The summed E-state index contributed by atoms with van der Waals surface area (Å²) >= 11 is 0. The molecular formula is C21H16N2O4. The van der Waals surface area contributed by atoms with Crippen LogP contribution in [0.15, 0.2) is 36.4 Å². The number of carbonyl (C=O) groups is 3. The van der Waals surface area contributed by atoms with Crippen molar-refractivity contribution in [3.8, 4) is 0 Å². The predicted molar refractivity (Wildman–Crippen MR) is 100 cm³/mol. The standard InChI is InChI=1S/C21H16N2O4/c1-10-4-7-15-14(8-10)16-17(18(22-15)21(26)27)20(25)23(19(16)24)13-6-5-11(2)12(3)9-13/h4-9H,1-3H3,(H,26,27). The molecule has 0 aliphatic carbocycles. The Morgan fingerprint density at radius 3 is 2.30 bits per heavy atom. The zero-order chi connectivity index (χ0) is 19.5. The van der Waals surface area contributed by atoms with Crippen LogP contribution in [0.3, 0.4) is 0 Å². The van der Waals surface area contributed by atoms with Crippen molar-refractivity contribution < 1.29 is 19.5 Å². The van der Waals surface area contributed by atoms with Gasteiger partial charge >= 0.3 is 5.97 Å². The van der Waals surface area contributed by atoms with E-state index in [4.69, 9.17) is 0 Å². The molecule has 0 saturated heterocycles. The second-order valence-corrected chi connectivity index (χ2v) is 6.75. The fourth-order valence-corrected chi connectivity index (χ4v) is 3.38. The summed E-state index contributed by atoms with van der Waals surface area (Å²) in [6, 6.07) is 10.5. The summed E-state index contributed by atoms with van der Waals surface area (Å²) in [4.78, 5) is 43.1. The van der Waals surface area contributed by atoms with Gasteiger partial charge in [-0.2, -0.15) is 0 Å². The van der Waals surface area contributed by atoms with E-state index in [0.717, 1.165) is 21.6 Å². The molecule has 1 aromatic heterocycles. The molecule has 2 aromatic carbocycles. The predicted octanol–water partition coefficient (Wildman–Crippen LogP) is 3.66. The zero-order valence-electron chi connectivity index (χ0n) is 15.0. The molecular weight excluding hydrogens is 344 g/mol. The number of benzene rings is 2. The monoisotopic (exact) mass is 360 g/mol. The Balaban J connectivity index is 2.03. The lowest BCUT2D eigenvalue weighted by molar-refractivity contribution is 0.0685. The molecule has 3 aromatic rings.